The normalized spacial score (nSPS) is 10.8. The highest BCUT2D eigenvalue weighted by atomic mass is 35.5. The minimum Gasteiger partial charge on any atom is -0.381 e. The van der Waals surface area contributed by atoms with Crippen LogP contribution >= 0.6 is 11.6 Å². The minimum atomic E-state index is 0.828. The summed E-state index contributed by atoms with van der Waals surface area (Å²) in [6.45, 7) is 4.04. The second-order valence-electron chi connectivity index (χ2n) is 4.13. The van der Waals surface area contributed by atoms with Crippen molar-refractivity contribution in [3.8, 4) is 0 Å². The van der Waals surface area contributed by atoms with Gasteiger partial charge in [0.2, 0.25) is 0 Å². The van der Waals surface area contributed by atoms with E-state index in [0.717, 1.165) is 25.5 Å². The number of hydrogen-bond acceptors (Lipinski definition) is 1. The molecule has 92 valence electrons. The minimum absolute atomic E-state index is 0.828. The lowest BCUT2D eigenvalue weighted by Crippen LogP contribution is -1.95. The van der Waals surface area contributed by atoms with Gasteiger partial charge in [0.15, 0.2) is 0 Å². The summed E-state index contributed by atoms with van der Waals surface area (Å²) in [7, 11) is 0. The molecule has 0 aromatic carbocycles. The monoisotopic (exact) mass is 234 g/mol. The molecule has 0 aliphatic carbocycles. The predicted octanol–water partition coefficient (Wildman–Crippen LogP) is 4.77. The van der Waals surface area contributed by atoms with Gasteiger partial charge in [0.1, 0.15) is 0 Å². The first-order chi connectivity index (χ1) is 7.41. The van der Waals surface area contributed by atoms with E-state index in [2.05, 4.69) is 6.92 Å². The third-order valence-electron chi connectivity index (χ3n) is 2.52. The van der Waals surface area contributed by atoms with Crippen LogP contribution in [0.15, 0.2) is 0 Å². The fraction of sp³-hybridized carbons (Fsp3) is 1.00. The van der Waals surface area contributed by atoms with Crippen LogP contribution in [0.25, 0.3) is 0 Å². The van der Waals surface area contributed by atoms with Gasteiger partial charge < -0.3 is 4.74 Å². The third kappa shape index (κ3) is 14.2. The van der Waals surface area contributed by atoms with E-state index in [4.69, 9.17) is 16.3 Å². The Morgan fingerprint density at radius 1 is 0.733 bits per heavy atom. The van der Waals surface area contributed by atoms with Crippen molar-refractivity contribution < 1.29 is 4.74 Å². The van der Waals surface area contributed by atoms with E-state index in [1.54, 1.807) is 0 Å². The average molecular weight is 235 g/mol. The van der Waals surface area contributed by atoms with Crippen molar-refractivity contribution in [2.75, 3.05) is 19.1 Å². The van der Waals surface area contributed by atoms with E-state index in [0.29, 0.717) is 0 Å². The fourth-order valence-electron chi connectivity index (χ4n) is 1.61. The van der Waals surface area contributed by atoms with Crippen molar-refractivity contribution in [1.29, 1.82) is 0 Å². The Morgan fingerprint density at radius 2 is 1.27 bits per heavy atom. The molecule has 0 N–H and O–H groups in total. The van der Waals surface area contributed by atoms with E-state index in [-0.39, 0.29) is 0 Å². The molecule has 0 amide bonds. The van der Waals surface area contributed by atoms with Gasteiger partial charge in [-0.3, -0.25) is 0 Å². The van der Waals surface area contributed by atoms with Crippen molar-refractivity contribution in [3.63, 3.8) is 0 Å². The molecule has 0 aromatic rings. The zero-order valence-corrected chi connectivity index (χ0v) is 11.0. The molecule has 0 radical (unpaired) electrons. The van der Waals surface area contributed by atoms with Crippen LogP contribution in [0.5, 0.6) is 0 Å². The van der Waals surface area contributed by atoms with Crippen LogP contribution in [0, 0.1) is 0 Å². The Morgan fingerprint density at radius 3 is 1.80 bits per heavy atom. The van der Waals surface area contributed by atoms with Crippen LogP contribution in [0.2, 0.25) is 0 Å². The Bertz CT molecular complexity index is 94.7. The smallest absolute Gasteiger partial charge is 0.0466 e. The summed E-state index contributed by atoms with van der Waals surface area (Å²) in [6.07, 6.45) is 11.7. The van der Waals surface area contributed by atoms with Crippen LogP contribution in [0.1, 0.15) is 64.7 Å². The van der Waals surface area contributed by atoms with E-state index in [1.165, 1.54) is 51.4 Å². The molecule has 15 heavy (non-hydrogen) atoms. The molecule has 0 unspecified atom stereocenters. The maximum Gasteiger partial charge on any atom is 0.0466 e. The summed E-state index contributed by atoms with van der Waals surface area (Å²) in [6, 6.07) is 0. The molecule has 2 heteroatoms. The van der Waals surface area contributed by atoms with Crippen molar-refractivity contribution in [3.05, 3.63) is 0 Å². The lowest BCUT2D eigenvalue weighted by atomic mass is 10.1. The molecule has 0 rings (SSSR count). The first kappa shape index (κ1) is 15.2. The molecule has 0 aromatic heterocycles. The molecule has 0 aliphatic heterocycles. The SMILES string of the molecule is CCCOCCCCCCCCCCCl. The summed E-state index contributed by atoms with van der Waals surface area (Å²) in [4.78, 5) is 0. The number of hydrogen-bond donors (Lipinski definition) is 0. The number of ether oxygens (including phenoxy) is 1. The summed E-state index contributed by atoms with van der Waals surface area (Å²) in [5.74, 6) is 0.828. The largest absolute Gasteiger partial charge is 0.381 e. The van der Waals surface area contributed by atoms with Crippen LogP contribution < -0.4 is 0 Å². The van der Waals surface area contributed by atoms with Gasteiger partial charge in [-0.25, -0.2) is 0 Å². The first-order valence-electron chi connectivity index (χ1n) is 6.55. The Hall–Kier alpha value is 0.250. The molecule has 0 atom stereocenters. The summed E-state index contributed by atoms with van der Waals surface area (Å²) in [5.41, 5.74) is 0. The third-order valence-corrected chi connectivity index (χ3v) is 2.79. The summed E-state index contributed by atoms with van der Waals surface area (Å²) >= 11 is 5.61. The number of halogens is 1. The van der Waals surface area contributed by atoms with Gasteiger partial charge in [-0.2, -0.15) is 0 Å². The molecular weight excluding hydrogens is 208 g/mol. The Balaban J connectivity index is 2.81. The van der Waals surface area contributed by atoms with E-state index < -0.39 is 0 Å². The molecule has 0 saturated heterocycles. The number of unbranched alkanes of at least 4 members (excludes halogenated alkanes) is 7. The molecule has 0 saturated carbocycles. The van der Waals surface area contributed by atoms with Crippen molar-refractivity contribution in [2.24, 2.45) is 0 Å². The quantitative estimate of drug-likeness (QED) is 0.349. The topological polar surface area (TPSA) is 9.23 Å². The summed E-state index contributed by atoms with van der Waals surface area (Å²) in [5, 5.41) is 0. The first-order valence-corrected chi connectivity index (χ1v) is 7.09. The molecule has 0 spiro atoms. The van der Waals surface area contributed by atoms with Gasteiger partial charge in [-0.05, 0) is 19.3 Å². The van der Waals surface area contributed by atoms with Crippen LogP contribution in [0.4, 0.5) is 0 Å². The Labute approximate surface area is 101 Å². The lowest BCUT2D eigenvalue weighted by Gasteiger charge is -2.02. The molecule has 1 nitrogen and oxygen atoms in total. The van der Waals surface area contributed by atoms with Gasteiger partial charge in [-0.1, -0.05) is 45.4 Å². The fourth-order valence-corrected chi connectivity index (χ4v) is 1.79. The van der Waals surface area contributed by atoms with Gasteiger partial charge in [0.25, 0.3) is 0 Å². The highest BCUT2D eigenvalue weighted by molar-refractivity contribution is 6.17. The van der Waals surface area contributed by atoms with Gasteiger partial charge in [0.05, 0.1) is 0 Å². The molecule has 0 bridgehead atoms. The average Bonchev–Trinajstić information content (AvgIpc) is 2.26. The van der Waals surface area contributed by atoms with Gasteiger partial charge >= 0.3 is 0 Å². The van der Waals surface area contributed by atoms with Crippen LogP contribution in [-0.2, 0) is 4.74 Å². The molecule has 0 heterocycles. The summed E-state index contributed by atoms with van der Waals surface area (Å²) < 4.78 is 5.43. The zero-order valence-electron chi connectivity index (χ0n) is 10.3. The second-order valence-corrected chi connectivity index (χ2v) is 4.51. The highest BCUT2D eigenvalue weighted by Gasteiger charge is 1.92. The maximum absolute atomic E-state index is 5.61. The van der Waals surface area contributed by atoms with E-state index in [9.17, 15) is 0 Å². The number of alkyl halides is 1. The maximum atomic E-state index is 5.61. The van der Waals surface area contributed by atoms with Crippen molar-refractivity contribution >= 4 is 11.6 Å². The van der Waals surface area contributed by atoms with Crippen LogP contribution in [-0.4, -0.2) is 19.1 Å². The van der Waals surface area contributed by atoms with Crippen LogP contribution in [0.3, 0.4) is 0 Å². The Kier molecular flexibility index (Phi) is 14.5. The second kappa shape index (κ2) is 14.2. The van der Waals surface area contributed by atoms with E-state index in [1.807, 2.05) is 0 Å². The number of rotatable bonds is 12. The zero-order chi connectivity index (χ0) is 11.2. The highest BCUT2D eigenvalue weighted by Crippen LogP contribution is 2.08. The van der Waals surface area contributed by atoms with E-state index >= 15 is 0 Å². The van der Waals surface area contributed by atoms with Gasteiger partial charge in [0, 0.05) is 19.1 Å². The standard InChI is InChI=1S/C13H27ClO/c1-2-12-15-13-10-8-6-4-3-5-7-9-11-14/h2-13H2,1H3. The van der Waals surface area contributed by atoms with Gasteiger partial charge in [-0.15, -0.1) is 11.6 Å². The van der Waals surface area contributed by atoms with Crippen molar-refractivity contribution in [2.45, 2.75) is 64.7 Å². The lowest BCUT2D eigenvalue weighted by molar-refractivity contribution is 0.130. The van der Waals surface area contributed by atoms with Crippen molar-refractivity contribution in [1.82, 2.24) is 0 Å². The molecular formula is C13H27ClO. The molecule has 0 fully saturated rings. The predicted molar refractivity (Wildman–Crippen MR) is 68.8 cm³/mol. The molecule has 0 aliphatic rings.